The number of hydrogen-bond donors (Lipinski definition) is 0. The number of pyridine rings is 1. The SMILES string of the molecule is c1ccc(-c2ccc(-c3cc(-c4ccccc4)nc(-c4cc(-c5ccccc5)cc(-c5cc6c7ccccc7ccc6c6ccccc56)c4)c3)cc2)cc1. The third-order valence-electron chi connectivity index (χ3n) is 10.6. The molecule has 1 aromatic heterocycles. The van der Waals surface area contributed by atoms with Crippen molar-refractivity contribution < 1.29 is 0 Å². The first-order chi connectivity index (χ1) is 26.7. The van der Waals surface area contributed by atoms with Gasteiger partial charge in [-0.25, -0.2) is 4.98 Å². The van der Waals surface area contributed by atoms with Gasteiger partial charge in [-0.15, -0.1) is 0 Å². The van der Waals surface area contributed by atoms with Gasteiger partial charge < -0.3 is 0 Å². The van der Waals surface area contributed by atoms with Crippen molar-refractivity contribution in [1.29, 1.82) is 0 Å². The van der Waals surface area contributed by atoms with E-state index in [1.807, 2.05) is 0 Å². The molecule has 0 spiro atoms. The van der Waals surface area contributed by atoms with E-state index in [-0.39, 0.29) is 0 Å². The van der Waals surface area contributed by atoms with Crippen LogP contribution in [0.3, 0.4) is 0 Å². The predicted octanol–water partition coefficient (Wildman–Crippen LogP) is 14.5. The molecule has 0 fully saturated rings. The van der Waals surface area contributed by atoms with Crippen molar-refractivity contribution in [2.45, 2.75) is 0 Å². The largest absolute Gasteiger partial charge is 0.248 e. The Balaban J connectivity index is 1.21. The molecule has 0 unspecified atom stereocenters. The van der Waals surface area contributed by atoms with Crippen molar-refractivity contribution in [3.8, 4) is 67.0 Å². The lowest BCUT2D eigenvalue weighted by atomic mass is 9.88. The summed E-state index contributed by atoms with van der Waals surface area (Å²) in [5, 5.41) is 7.54. The highest BCUT2D eigenvalue weighted by Gasteiger charge is 2.16. The van der Waals surface area contributed by atoms with Gasteiger partial charge in [0.15, 0.2) is 0 Å². The van der Waals surface area contributed by atoms with Crippen LogP contribution in [0.1, 0.15) is 0 Å². The minimum absolute atomic E-state index is 0.938. The Labute approximate surface area is 315 Å². The van der Waals surface area contributed by atoms with Crippen molar-refractivity contribution in [1.82, 2.24) is 4.98 Å². The van der Waals surface area contributed by atoms with E-state index in [9.17, 15) is 0 Å². The van der Waals surface area contributed by atoms with E-state index in [2.05, 4.69) is 212 Å². The maximum atomic E-state index is 5.39. The molecule has 1 heterocycles. The van der Waals surface area contributed by atoms with Crippen LogP contribution in [-0.2, 0) is 0 Å². The lowest BCUT2D eigenvalue weighted by molar-refractivity contribution is 1.32. The molecule has 0 radical (unpaired) electrons. The van der Waals surface area contributed by atoms with Crippen LogP contribution in [0.2, 0.25) is 0 Å². The summed E-state index contributed by atoms with van der Waals surface area (Å²) in [5.41, 5.74) is 13.5. The monoisotopic (exact) mass is 685 g/mol. The quantitative estimate of drug-likeness (QED) is 0.159. The van der Waals surface area contributed by atoms with Crippen LogP contribution in [0.5, 0.6) is 0 Å². The van der Waals surface area contributed by atoms with Crippen molar-refractivity contribution in [3.05, 3.63) is 212 Å². The molecule has 0 amide bonds. The molecule has 0 saturated heterocycles. The molecular weight excluding hydrogens is 651 g/mol. The third-order valence-corrected chi connectivity index (χ3v) is 10.6. The number of benzene rings is 9. The number of rotatable bonds is 6. The molecule has 0 atom stereocenters. The first-order valence-electron chi connectivity index (χ1n) is 18.5. The second-order valence-corrected chi connectivity index (χ2v) is 14.0. The molecule has 0 bridgehead atoms. The fourth-order valence-electron chi connectivity index (χ4n) is 7.92. The van der Waals surface area contributed by atoms with Crippen LogP contribution < -0.4 is 0 Å². The van der Waals surface area contributed by atoms with Gasteiger partial charge in [0.1, 0.15) is 0 Å². The van der Waals surface area contributed by atoms with Gasteiger partial charge >= 0.3 is 0 Å². The van der Waals surface area contributed by atoms with Crippen LogP contribution in [0.25, 0.3) is 99.3 Å². The molecule has 252 valence electrons. The summed E-state index contributed by atoms with van der Waals surface area (Å²) >= 11 is 0. The van der Waals surface area contributed by atoms with Gasteiger partial charge in [0.2, 0.25) is 0 Å². The molecule has 0 N–H and O–H groups in total. The molecule has 9 aromatic carbocycles. The average Bonchev–Trinajstić information content (AvgIpc) is 3.26. The first-order valence-corrected chi connectivity index (χ1v) is 18.5. The number of hydrogen-bond acceptors (Lipinski definition) is 1. The number of aromatic nitrogens is 1. The normalized spacial score (nSPS) is 11.3. The summed E-state index contributed by atoms with van der Waals surface area (Å²) in [6.07, 6.45) is 0. The average molecular weight is 686 g/mol. The van der Waals surface area contributed by atoms with Gasteiger partial charge in [0.05, 0.1) is 11.4 Å². The highest BCUT2D eigenvalue weighted by molar-refractivity contribution is 6.21. The third kappa shape index (κ3) is 5.83. The van der Waals surface area contributed by atoms with E-state index in [4.69, 9.17) is 4.98 Å². The standard InChI is InChI=1S/C53H35N/c1-4-14-36(15-5-1)38-24-26-39(27-25-38)43-33-52(41-19-8-3-9-20-41)54-53(34-43)45-31-42(37-16-6-2-7-17-37)30-44(32-45)50-35-51-46-21-11-10-18-40(46)28-29-49(51)47-22-12-13-23-48(47)50/h1-35H. The van der Waals surface area contributed by atoms with Gasteiger partial charge in [-0.1, -0.05) is 176 Å². The van der Waals surface area contributed by atoms with Gasteiger partial charge in [-0.05, 0) is 113 Å². The van der Waals surface area contributed by atoms with Crippen LogP contribution in [0.15, 0.2) is 212 Å². The van der Waals surface area contributed by atoms with Crippen LogP contribution in [0.4, 0.5) is 0 Å². The van der Waals surface area contributed by atoms with E-state index >= 15 is 0 Å². The molecule has 10 aromatic rings. The second kappa shape index (κ2) is 13.5. The van der Waals surface area contributed by atoms with E-state index in [1.165, 1.54) is 54.6 Å². The minimum Gasteiger partial charge on any atom is -0.248 e. The molecule has 0 aliphatic rings. The summed E-state index contributed by atoms with van der Waals surface area (Å²) in [6, 6.07) is 76.6. The molecule has 0 aliphatic heterocycles. The Kier molecular flexibility index (Phi) is 7.89. The molecular formula is C53H35N. The summed E-state index contributed by atoms with van der Waals surface area (Å²) in [6.45, 7) is 0. The van der Waals surface area contributed by atoms with Crippen molar-refractivity contribution in [2.75, 3.05) is 0 Å². The molecule has 54 heavy (non-hydrogen) atoms. The summed E-state index contributed by atoms with van der Waals surface area (Å²) in [4.78, 5) is 5.39. The van der Waals surface area contributed by atoms with E-state index in [0.29, 0.717) is 0 Å². The number of nitrogens with zero attached hydrogens (tertiary/aromatic N) is 1. The van der Waals surface area contributed by atoms with Crippen molar-refractivity contribution in [2.24, 2.45) is 0 Å². The Morgan fingerprint density at radius 3 is 1.35 bits per heavy atom. The van der Waals surface area contributed by atoms with Crippen molar-refractivity contribution >= 4 is 32.3 Å². The highest BCUT2D eigenvalue weighted by atomic mass is 14.7. The van der Waals surface area contributed by atoms with Crippen LogP contribution in [0, 0.1) is 0 Å². The lowest BCUT2D eigenvalue weighted by Crippen LogP contribution is -1.93. The fourth-order valence-corrected chi connectivity index (χ4v) is 7.92. The van der Waals surface area contributed by atoms with Crippen molar-refractivity contribution in [3.63, 3.8) is 0 Å². The summed E-state index contributed by atoms with van der Waals surface area (Å²) < 4.78 is 0. The fraction of sp³-hybridized carbons (Fsp3) is 0. The van der Waals surface area contributed by atoms with Crippen LogP contribution >= 0.6 is 0 Å². The zero-order valence-corrected chi connectivity index (χ0v) is 29.7. The topological polar surface area (TPSA) is 12.9 Å². The maximum Gasteiger partial charge on any atom is 0.0716 e. The summed E-state index contributed by atoms with van der Waals surface area (Å²) in [7, 11) is 0. The van der Waals surface area contributed by atoms with Gasteiger partial charge in [0.25, 0.3) is 0 Å². The zero-order chi connectivity index (χ0) is 35.8. The molecule has 1 nitrogen and oxygen atoms in total. The van der Waals surface area contributed by atoms with E-state index < -0.39 is 0 Å². The molecule has 0 saturated carbocycles. The minimum atomic E-state index is 0.938. The Hall–Kier alpha value is -7.09. The van der Waals surface area contributed by atoms with E-state index in [1.54, 1.807) is 0 Å². The lowest BCUT2D eigenvalue weighted by Gasteiger charge is -2.16. The van der Waals surface area contributed by atoms with Gasteiger partial charge in [-0.3, -0.25) is 0 Å². The Morgan fingerprint density at radius 1 is 0.222 bits per heavy atom. The predicted molar refractivity (Wildman–Crippen MR) is 229 cm³/mol. The maximum absolute atomic E-state index is 5.39. The smallest absolute Gasteiger partial charge is 0.0716 e. The van der Waals surface area contributed by atoms with Crippen LogP contribution in [-0.4, -0.2) is 4.98 Å². The number of fused-ring (bicyclic) bond motifs is 5. The Morgan fingerprint density at radius 2 is 0.667 bits per heavy atom. The summed E-state index contributed by atoms with van der Waals surface area (Å²) in [5.74, 6) is 0. The highest BCUT2D eigenvalue weighted by Crippen LogP contribution is 2.41. The molecule has 0 aliphatic carbocycles. The van der Waals surface area contributed by atoms with Gasteiger partial charge in [-0.2, -0.15) is 0 Å². The van der Waals surface area contributed by atoms with E-state index in [0.717, 1.165) is 44.8 Å². The van der Waals surface area contributed by atoms with Gasteiger partial charge in [0, 0.05) is 11.1 Å². The first kappa shape index (κ1) is 31.6. The molecule has 10 rings (SSSR count). The zero-order valence-electron chi connectivity index (χ0n) is 29.7. The molecule has 1 heteroatoms. The second-order valence-electron chi connectivity index (χ2n) is 14.0. The Bertz CT molecular complexity index is 2950.